The summed E-state index contributed by atoms with van der Waals surface area (Å²) >= 11 is 0. The summed E-state index contributed by atoms with van der Waals surface area (Å²) in [6.07, 6.45) is 1.30. The molecule has 136 valence electrons. The molecule has 1 atom stereocenters. The first-order chi connectivity index (χ1) is 11.3. The van der Waals surface area contributed by atoms with Crippen LogP contribution in [-0.4, -0.2) is 78.1 Å². The third kappa shape index (κ3) is 5.61. The molecular weight excluding hydrogens is 306 g/mol. The van der Waals surface area contributed by atoms with Crippen molar-refractivity contribution in [1.29, 1.82) is 0 Å². The van der Waals surface area contributed by atoms with Gasteiger partial charge in [0.25, 0.3) is 0 Å². The van der Waals surface area contributed by atoms with E-state index in [1.54, 1.807) is 18.2 Å². The summed E-state index contributed by atoms with van der Waals surface area (Å²) in [7, 11) is 1.81. The van der Waals surface area contributed by atoms with Crippen LogP contribution in [0.1, 0.15) is 26.5 Å². The first-order valence-corrected chi connectivity index (χ1v) is 8.65. The van der Waals surface area contributed by atoms with Gasteiger partial charge in [-0.1, -0.05) is 20.8 Å². The highest BCUT2D eigenvalue weighted by atomic mass is 16.3. The van der Waals surface area contributed by atoms with Gasteiger partial charge in [-0.2, -0.15) is 0 Å². The molecule has 2 heterocycles. The fourth-order valence-corrected chi connectivity index (χ4v) is 2.68. The van der Waals surface area contributed by atoms with Gasteiger partial charge in [0, 0.05) is 39.8 Å². The van der Waals surface area contributed by atoms with E-state index in [1.807, 2.05) is 12.1 Å². The van der Waals surface area contributed by atoms with E-state index in [-0.39, 0.29) is 17.4 Å². The molecule has 6 heteroatoms. The van der Waals surface area contributed by atoms with E-state index in [9.17, 15) is 9.90 Å². The van der Waals surface area contributed by atoms with E-state index in [4.69, 9.17) is 4.42 Å². The highest BCUT2D eigenvalue weighted by Gasteiger charge is 2.27. The largest absolute Gasteiger partial charge is 0.467 e. The zero-order valence-electron chi connectivity index (χ0n) is 15.4. The van der Waals surface area contributed by atoms with Gasteiger partial charge in [0.2, 0.25) is 5.91 Å². The zero-order valence-corrected chi connectivity index (χ0v) is 15.4. The van der Waals surface area contributed by atoms with Crippen LogP contribution in [0.3, 0.4) is 0 Å². The molecular formula is C18H31N3O3. The van der Waals surface area contributed by atoms with Crippen LogP contribution in [-0.2, 0) is 11.3 Å². The molecule has 1 aromatic heterocycles. The minimum atomic E-state index is -0.329. The Balaban J connectivity index is 1.71. The molecule has 1 aliphatic rings. The molecule has 0 aliphatic carbocycles. The third-order valence-electron chi connectivity index (χ3n) is 4.65. The molecule has 1 aromatic rings. The van der Waals surface area contributed by atoms with Crippen molar-refractivity contribution in [2.75, 3.05) is 46.3 Å². The lowest BCUT2D eigenvalue weighted by Crippen LogP contribution is -2.52. The van der Waals surface area contributed by atoms with E-state index in [1.165, 1.54) is 0 Å². The SMILES string of the molecule is CN(Cc1ccco1)C(=O)CN1CCN(C[C@@H](O)C(C)(C)C)CC1. The number of nitrogens with zero attached hydrogens (tertiary/aromatic N) is 3. The second kappa shape index (κ2) is 8.14. The molecule has 0 bridgehead atoms. The summed E-state index contributed by atoms with van der Waals surface area (Å²) in [5.74, 6) is 0.904. The van der Waals surface area contributed by atoms with Gasteiger partial charge in [0.1, 0.15) is 5.76 Å². The lowest BCUT2D eigenvalue weighted by Gasteiger charge is -2.38. The number of piperazine rings is 1. The molecule has 0 spiro atoms. The van der Waals surface area contributed by atoms with Crippen LogP contribution in [0.4, 0.5) is 0 Å². The van der Waals surface area contributed by atoms with E-state index < -0.39 is 0 Å². The van der Waals surface area contributed by atoms with Crippen molar-refractivity contribution in [2.45, 2.75) is 33.4 Å². The minimum absolute atomic E-state index is 0.0956. The summed E-state index contributed by atoms with van der Waals surface area (Å²) in [4.78, 5) is 18.5. The molecule has 1 fully saturated rings. The number of carbonyl (C=O) groups is 1. The maximum absolute atomic E-state index is 12.3. The first kappa shape index (κ1) is 19.0. The summed E-state index contributed by atoms with van der Waals surface area (Å²) in [5, 5.41) is 10.2. The monoisotopic (exact) mass is 337 g/mol. The van der Waals surface area contributed by atoms with Gasteiger partial charge in [-0.05, 0) is 17.5 Å². The van der Waals surface area contributed by atoms with Crippen LogP contribution in [0, 0.1) is 5.41 Å². The molecule has 0 saturated carbocycles. The van der Waals surface area contributed by atoms with E-state index in [2.05, 4.69) is 30.6 Å². The van der Waals surface area contributed by atoms with Crippen LogP contribution in [0.25, 0.3) is 0 Å². The third-order valence-corrected chi connectivity index (χ3v) is 4.65. The normalized spacial score (nSPS) is 18.5. The van der Waals surface area contributed by atoms with Crippen molar-refractivity contribution < 1.29 is 14.3 Å². The molecule has 1 aliphatic heterocycles. The Kier molecular flexibility index (Phi) is 6.43. The van der Waals surface area contributed by atoms with Gasteiger partial charge < -0.3 is 14.4 Å². The fourth-order valence-electron chi connectivity index (χ4n) is 2.68. The molecule has 0 radical (unpaired) electrons. The van der Waals surface area contributed by atoms with E-state index >= 15 is 0 Å². The van der Waals surface area contributed by atoms with Crippen molar-refractivity contribution >= 4 is 5.91 Å². The average Bonchev–Trinajstić information content (AvgIpc) is 3.01. The van der Waals surface area contributed by atoms with Gasteiger partial charge in [-0.15, -0.1) is 0 Å². The number of aliphatic hydroxyl groups is 1. The second-order valence-corrected chi connectivity index (χ2v) is 7.79. The Labute approximate surface area is 145 Å². The quantitative estimate of drug-likeness (QED) is 0.847. The Morgan fingerprint density at radius 3 is 2.46 bits per heavy atom. The molecule has 1 N–H and O–H groups in total. The Morgan fingerprint density at radius 2 is 1.92 bits per heavy atom. The van der Waals surface area contributed by atoms with Crippen LogP contribution < -0.4 is 0 Å². The summed E-state index contributed by atoms with van der Waals surface area (Å²) in [6.45, 7) is 11.3. The number of hydrogen-bond acceptors (Lipinski definition) is 5. The molecule has 0 unspecified atom stereocenters. The molecule has 1 amide bonds. The van der Waals surface area contributed by atoms with Crippen molar-refractivity contribution in [3.8, 4) is 0 Å². The van der Waals surface area contributed by atoms with Crippen LogP contribution in [0.2, 0.25) is 0 Å². The second-order valence-electron chi connectivity index (χ2n) is 7.79. The predicted octanol–water partition coefficient (Wildman–Crippen LogP) is 1.26. The number of likely N-dealkylation sites (N-methyl/N-ethyl adjacent to an activating group) is 1. The molecule has 6 nitrogen and oxygen atoms in total. The Hall–Kier alpha value is -1.37. The number of rotatable bonds is 6. The predicted molar refractivity (Wildman–Crippen MR) is 93.5 cm³/mol. The Morgan fingerprint density at radius 1 is 1.29 bits per heavy atom. The number of hydrogen-bond donors (Lipinski definition) is 1. The van der Waals surface area contributed by atoms with Crippen molar-refractivity contribution in [1.82, 2.24) is 14.7 Å². The van der Waals surface area contributed by atoms with Crippen LogP contribution >= 0.6 is 0 Å². The minimum Gasteiger partial charge on any atom is -0.467 e. The molecule has 24 heavy (non-hydrogen) atoms. The van der Waals surface area contributed by atoms with Crippen molar-refractivity contribution in [2.24, 2.45) is 5.41 Å². The van der Waals surface area contributed by atoms with Gasteiger partial charge in [-0.25, -0.2) is 0 Å². The average molecular weight is 337 g/mol. The van der Waals surface area contributed by atoms with Crippen molar-refractivity contribution in [3.63, 3.8) is 0 Å². The van der Waals surface area contributed by atoms with Crippen molar-refractivity contribution in [3.05, 3.63) is 24.2 Å². The maximum Gasteiger partial charge on any atom is 0.236 e. The Bertz CT molecular complexity index is 502. The molecule has 2 rings (SSSR count). The molecule has 0 aromatic carbocycles. The maximum atomic E-state index is 12.3. The number of β-amino-alcohol motifs (C(OH)–C–C–N with tert-alkyl or cyclic N) is 1. The summed E-state index contributed by atoms with van der Waals surface area (Å²) in [6, 6.07) is 3.71. The summed E-state index contributed by atoms with van der Waals surface area (Å²) < 4.78 is 5.28. The van der Waals surface area contributed by atoms with Gasteiger partial charge in [-0.3, -0.25) is 14.6 Å². The standard InChI is InChI=1S/C18H31N3O3/c1-18(2,3)16(22)13-20-7-9-21(10-8-20)14-17(23)19(4)12-15-6-5-11-24-15/h5-6,11,16,22H,7-10,12-14H2,1-4H3/t16-/m1/s1. The van der Waals surface area contributed by atoms with Gasteiger partial charge in [0.15, 0.2) is 0 Å². The number of furan rings is 1. The number of aliphatic hydroxyl groups excluding tert-OH is 1. The van der Waals surface area contributed by atoms with E-state index in [0.29, 0.717) is 19.6 Å². The van der Waals surface area contributed by atoms with E-state index in [0.717, 1.165) is 31.9 Å². The lowest BCUT2D eigenvalue weighted by molar-refractivity contribution is -0.132. The highest BCUT2D eigenvalue weighted by molar-refractivity contribution is 5.77. The van der Waals surface area contributed by atoms with Crippen LogP contribution in [0.15, 0.2) is 22.8 Å². The number of amides is 1. The van der Waals surface area contributed by atoms with Crippen LogP contribution in [0.5, 0.6) is 0 Å². The first-order valence-electron chi connectivity index (χ1n) is 8.65. The lowest BCUT2D eigenvalue weighted by atomic mass is 9.89. The highest BCUT2D eigenvalue weighted by Crippen LogP contribution is 2.20. The molecule has 1 saturated heterocycles. The number of carbonyl (C=O) groups excluding carboxylic acids is 1. The van der Waals surface area contributed by atoms with Gasteiger partial charge in [0.05, 0.1) is 25.5 Å². The van der Waals surface area contributed by atoms with Gasteiger partial charge >= 0.3 is 0 Å². The summed E-state index contributed by atoms with van der Waals surface area (Å²) in [5.41, 5.74) is -0.0956. The smallest absolute Gasteiger partial charge is 0.236 e. The fraction of sp³-hybridized carbons (Fsp3) is 0.722. The zero-order chi connectivity index (χ0) is 17.7. The topological polar surface area (TPSA) is 60.2 Å².